The van der Waals surface area contributed by atoms with Crippen LogP contribution in [0.5, 0.6) is 0 Å². The van der Waals surface area contributed by atoms with Gasteiger partial charge in [0.25, 0.3) is 0 Å². The van der Waals surface area contributed by atoms with Gasteiger partial charge >= 0.3 is 0 Å². The Morgan fingerprint density at radius 1 is 0.868 bits per heavy atom. The minimum atomic E-state index is 0.0708. The fourth-order valence-electron chi connectivity index (χ4n) is 5.25. The van der Waals surface area contributed by atoms with Gasteiger partial charge in [-0.15, -0.1) is 0 Å². The van der Waals surface area contributed by atoms with Crippen LogP contribution in [0.1, 0.15) is 25.7 Å². The molecule has 9 nitrogen and oxygen atoms in total. The molecule has 0 aliphatic heterocycles. The number of carbonyl (C=O) groups is 1. The van der Waals surface area contributed by atoms with E-state index >= 15 is 0 Å². The van der Waals surface area contributed by atoms with Gasteiger partial charge in [-0.25, -0.2) is 4.98 Å². The van der Waals surface area contributed by atoms with Gasteiger partial charge in [0.15, 0.2) is 0 Å². The van der Waals surface area contributed by atoms with E-state index in [9.17, 15) is 4.79 Å². The molecule has 9 heteroatoms. The number of anilines is 1. The van der Waals surface area contributed by atoms with E-state index in [0.29, 0.717) is 5.69 Å². The average molecular weight is 501 g/mol. The number of aromatic amines is 2. The monoisotopic (exact) mass is 500 g/mol. The summed E-state index contributed by atoms with van der Waals surface area (Å²) in [5, 5.41) is 11.7. The van der Waals surface area contributed by atoms with Crippen molar-refractivity contribution in [3.05, 3.63) is 73.4 Å². The molecule has 0 saturated heterocycles. The van der Waals surface area contributed by atoms with Crippen molar-refractivity contribution in [2.75, 3.05) is 5.32 Å². The molecular weight excluding hydrogens is 476 g/mol. The van der Waals surface area contributed by atoms with E-state index in [4.69, 9.17) is 4.98 Å². The number of pyridine rings is 4. The molecule has 1 fully saturated rings. The van der Waals surface area contributed by atoms with Crippen molar-refractivity contribution in [3.8, 4) is 33.9 Å². The van der Waals surface area contributed by atoms with Gasteiger partial charge in [-0.05, 0) is 55.3 Å². The molecule has 0 radical (unpaired) electrons. The van der Waals surface area contributed by atoms with E-state index < -0.39 is 0 Å². The second-order valence-electron chi connectivity index (χ2n) is 9.64. The van der Waals surface area contributed by atoms with Crippen molar-refractivity contribution in [1.29, 1.82) is 0 Å². The highest BCUT2D eigenvalue weighted by molar-refractivity contribution is 5.99. The van der Waals surface area contributed by atoms with Crippen molar-refractivity contribution < 1.29 is 4.79 Å². The Morgan fingerprint density at radius 2 is 1.74 bits per heavy atom. The first kappa shape index (κ1) is 22.3. The number of hydrogen-bond acceptors (Lipinski definition) is 6. The Hall–Kier alpha value is -4.92. The standard InChI is InChI=1S/C29H24N8O/c38-29(18-3-1-2-4-18)33-20-13-19(15-31-16-20)22-5-6-24-27(35-22)28(37-36-24)25-14-21-23(34-25)9-12-32-26(21)17-7-10-30-11-8-17/h5-16,18,34H,1-4H2,(H,33,38)(H,36,37). The lowest BCUT2D eigenvalue weighted by atomic mass is 10.1. The molecule has 7 rings (SSSR count). The van der Waals surface area contributed by atoms with Crippen molar-refractivity contribution in [1.82, 2.24) is 35.1 Å². The minimum Gasteiger partial charge on any atom is -0.353 e. The van der Waals surface area contributed by atoms with Crippen molar-refractivity contribution >= 4 is 33.5 Å². The van der Waals surface area contributed by atoms with E-state index in [1.807, 2.05) is 36.4 Å². The summed E-state index contributed by atoms with van der Waals surface area (Å²) >= 11 is 0. The van der Waals surface area contributed by atoms with E-state index in [1.165, 1.54) is 0 Å². The topological polar surface area (TPSA) is 125 Å². The SMILES string of the molecule is O=C(Nc1cncc(-c2ccc3[nH]nc(-c4cc5c(-c6ccncc6)nccc5[nH]4)c3n2)c1)C1CCCC1. The number of H-pyrrole nitrogens is 2. The number of hydrogen-bond donors (Lipinski definition) is 3. The highest BCUT2D eigenvalue weighted by Crippen LogP contribution is 2.33. The van der Waals surface area contributed by atoms with E-state index in [-0.39, 0.29) is 11.8 Å². The van der Waals surface area contributed by atoms with Crippen LogP contribution < -0.4 is 5.32 Å². The minimum absolute atomic E-state index is 0.0708. The zero-order valence-electron chi connectivity index (χ0n) is 20.5. The molecule has 0 spiro atoms. The van der Waals surface area contributed by atoms with Crippen LogP contribution >= 0.6 is 0 Å². The van der Waals surface area contributed by atoms with Crippen molar-refractivity contribution in [3.63, 3.8) is 0 Å². The van der Waals surface area contributed by atoms with Crippen molar-refractivity contribution in [2.24, 2.45) is 5.92 Å². The third-order valence-electron chi connectivity index (χ3n) is 7.19. The lowest BCUT2D eigenvalue weighted by Crippen LogP contribution is -2.20. The molecule has 0 aromatic carbocycles. The van der Waals surface area contributed by atoms with Crippen LogP contribution in [0.2, 0.25) is 0 Å². The summed E-state index contributed by atoms with van der Waals surface area (Å²) in [6.45, 7) is 0. The predicted octanol–water partition coefficient (Wildman–Crippen LogP) is 5.75. The van der Waals surface area contributed by atoms with Gasteiger partial charge in [-0.1, -0.05) is 12.8 Å². The number of amides is 1. The highest BCUT2D eigenvalue weighted by Gasteiger charge is 2.23. The summed E-state index contributed by atoms with van der Waals surface area (Å²) in [5.41, 5.74) is 8.22. The summed E-state index contributed by atoms with van der Waals surface area (Å²) in [7, 11) is 0. The Kier molecular flexibility index (Phi) is 5.39. The zero-order valence-corrected chi connectivity index (χ0v) is 20.5. The van der Waals surface area contributed by atoms with E-state index in [1.54, 1.807) is 31.0 Å². The van der Waals surface area contributed by atoms with Gasteiger partial charge in [-0.2, -0.15) is 5.10 Å². The van der Waals surface area contributed by atoms with Crippen molar-refractivity contribution in [2.45, 2.75) is 25.7 Å². The molecule has 0 atom stereocenters. The summed E-state index contributed by atoms with van der Waals surface area (Å²) in [6.07, 6.45) is 12.9. The summed E-state index contributed by atoms with van der Waals surface area (Å²) in [6, 6.07) is 13.7. The first-order valence-electron chi connectivity index (χ1n) is 12.7. The molecule has 6 aromatic rings. The molecule has 186 valence electrons. The van der Waals surface area contributed by atoms with Crippen LogP contribution in [-0.4, -0.2) is 41.0 Å². The zero-order chi connectivity index (χ0) is 25.5. The number of rotatable bonds is 5. The lowest BCUT2D eigenvalue weighted by molar-refractivity contribution is -0.119. The van der Waals surface area contributed by atoms with Gasteiger partial charge in [0, 0.05) is 52.7 Å². The summed E-state index contributed by atoms with van der Waals surface area (Å²) in [5.74, 6) is 0.161. The Morgan fingerprint density at radius 3 is 2.61 bits per heavy atom. The quantitative estimate of drug-likeness (QED) is 0.277. The Balaban J connectivity index is 1.25. The van der Waals surface area contributed by atoms with Crippen LogP contribution in [0, 0.1) is 5.92 Å². The van der Waals surface area contributed by atoms with E-state index in [0.717, 1.165) is 81.5 Å². The first-order chi connectivity index (χ1) is 18.7. The number of nitrogens with one attached hydrogen (secondary N) is 3. The number of fused-ring (bicyclic) bond motifs is 2. The molecule has 0 bridgehead atoms. The molecule has 38 heavy (non-hydrogen) atoms. The number of aromatic nitrogens is 7. The van der Waals surface area contributed by atoms with Gasteiger partial charge in [0.2, 0.25) is 5.91 Å². The average Bonchev–Trinajstić information content (AvgIpc) is 3.73. The second-order valence-corrected chi connectivity index (χ2v) is 9.64. The molecular formula is C29H24N8O. The van der Waals surface area contributed by atoms with Crippen LogP contribution in [0.25, 0.3) is 55.8 Å². The Labute approximate surface area is 217 Å². The highest BCUT2D eigenvalue weighted by atomic mass is 16.1. The third kappa shape index (κ3) is 3.98. The summed E-state index contributed by atoms with van der Waals surface area (Å²) < 4.78 is 0. The van der Waals surface area contributed by atoms with Crippen LogP contribution in [0.3, 0.4) is 0 Å². The molecule has 1 aliphatic rings. The van der Waals surface area contributed by atoms with Gasteiger partial charge in [-0.3, -0.25) is 24.8 Å². The van der Waals surface area contributed by atoms with Crippen LogP contribution in [0.15, 0.2) is 73.4 Å². The first-order valence-corrected chi connectivity index (χ1v) is 12.7. The number of nitrogens with zero attached hydrogens (tertiary/aromatic N) is 5. The largest absolute Gasteiger partial charge is 0.353 e. The second kappa shape index (κ2) is 9.19. The maximum Gasteiger partial charge on any atom is 0.227 e. The van der Waals surface area contributed by atoms with E-state index in [2.05, 4.69) is 41.5 Å². The normalized spacial score (nSPS) is 13.9. The molecule has 6 heterocycles. The molecule has 3 N–H and O–H groups in total. The number of carbonyl (C=O) groups excluding carboxylic acids is 1. The maximum absolute atomic E-state index is 12.6. The molecule has 1 amide bonds. The smallest absolute Gasteiger partial charge is 0.227 e. The fourth-order valence-corrected chi connectivity index (χ4v) is 5.25. The van der Waals surface area contributed by atoms with Gasteiger partial charge in [0.1, 0.15) is 11.2 Å². The molecule has 1 saturated carbocycles. The van der Waals surface area contributed by atoms with Gasteiger partial charge < -0.3 is 10.3 Å². The van der Waals surface area contributed by atoms with Crippen LogP contribution in [-0.2, 0) is 4.79 Å². The van der Waals surface area contributed by atoms with Crippen LogP contribution in [0.4, 0.5) is 5.69 Å². The predicted molar refractivity (Wildman–Crippen MR) is 146 cm³/mol. The molecule has 0 unspecified atom stereocenters. The third-order valence-corrected chi connectivity index (χ3v) is 7.19. The molecule has 1 aliphatic carbocycles. The Bertz CT molecular complexity index is 1780. The van der Waals surface area contributed by atoms with Gasteiger partial charge in [0.05, 0.1) is 34.5 Å². The molecule has 6 aromatic heterocycles. The lowest BCUT2D eigenvalue weighted by Gasteiger charge is -2.11. The maximum atomic E-state index is 12.6. The summed E-state index contributed by atoms with van der Waals surface area (Å²) in [4.78, 5) is 34.1. The fraction of sp³-hybridized carbons (Fsp3) is 0.172.